The minimum atomic E-state index is -1.26. The van der Waals surface area contributed by atoms with Gasteiger partial charge in [-0.1, -0.05) is 17.7 Å². The Labute approximate surface area is 198 Å². The number of carboxylic acids is 1. The van der Waals surface area contributed by atoms with Crippen molar-refractivity contribution in [2.75, 3.05) is 19.0 Å². The zero-order valence-corrected chi connectivity index (χ0v) is 18.8. The molecule has 2 aromatic heterocycles. The molecule has 180 valence electrons. The Morgan fingerprint density at radius 1 is 1.24 bits per heavy atom. The zero-order valence-electron chi connectivity index (χ0n) is 18.1. The molecule has 12 heteroatoms. The third-order valence-corrected chi connectivity index (χ3v) is 5.08. The number of H-pyrrole nitrogens is 1. The predicted molar refractivity (Wildman–Crippen MR) is 120 cm³/mol. The Morgan fingerprint density at radius 3 is 2.56 bits per heavy atom. The molecule has 0 aliphatic heterocycles. The van der Waals surface area contributed by atoms with Gasteiger partial charge in [0.1, 0.15) is 5.69 Å². The average molecular weight is 494 g/mol. The predicted octanol–water partition coefficient (Wildman–Crippen LogP) is 3.88. The van der Waals surface area contributed by atoms with E-state index < -0.39 is 23.5 Å². The molecule has 4 N–H and O–H groups in total. The Kier molecular flexibility index (Phi) is 8.50. The van der Waals surface area contributed by atoms with Gasteiger partial charge in [-0.15, -0.1) is 0 Å². The highest BCUT2D eigenvalue weighted by Crippen LogP contribution is 2.27. The van der Waals surface area contributed by atoms with Gasteiger partial charge in [-0.2, -0.15) is 5.10 Å². The number of anilines is 1. The van der Waals surface area contributed by atoms with Gasteiger partial charge >= 0.3 is 5.97 Å². The van der Waals surface area contributed by atoms with Crippen molar-refractivity contribution in [3.8, 4) is 5.88 Å². The molecule has 3 aromatic rings. The Hall–Kier alpha value is -3.57. The molecule has 9 nitrogen and oxygen atoms in total. The molecule has 1 fully saturated rings. The first kappa shape index (κ1) is 25.1. The number of benzene rings is 1. The molecule has 1 aromatic carbocycles. The van der Waals surface area contributed by atoms with E-state index in [0.717, 1.165) is 25.1 Å². The summed E-state index contributed by atoms with van der Waals surface area (Å²) in [6.07, 6.45) is 4.65. The lowest BCUT2D eigenvalue weighted by Crippen LogP contribution is -2.16. The normalized spacial score (nSPS) is 12.5. The van der Waals surface area contributed by atoms with E-state index in [2.05, 4.69) is 25.8 Å². The van der Waals surface area contributed by atoms with Crippen molar-refractivity contribution in [2.45, 2.75) is 19.4 Å². The number of nitrogens with zero attached hydrogens (tertiary/aromatic N) is 2. The van der Waals surface area contributed by atoms with Crippen molar-refractivity contribution >= 4 is 29.3 Å². The van der Waals surface area contributed by atoms with E-state index in [4.69, 9.17) is 21.4 Å². The molecule has 1 saturated carbocycles. The molecule has 0 saturated heterocycles. The number of ether oxygens (including phenoxy) is 1. The van der Waals surface area contributed by atoms with E-state index in [0.29, 0.717) is 18.0 Å². The number of carboxylic acid groups (broad SMARTS) is 1. The highest BCUT2D eigenvalue weighted by Gasteiger charge is 2.20. The molecule has 2 heterocycles. The van der Waals surface area contributed by atoms with Gasteiger partial charge in [0.15, 0.2) is 17.5 Å². The number of methoxy groups -OCH3 is 1. The number of rotatable bonds is 8. The number of carbonyl (C=O) groups excluding carboxylic acids is 1. The minimum absolute atomic E-state index is 0.0896. The summed E-state index contributed by atoms with van der Waals surface area (Å²) in [6.45, 7) is 2.06. The number of pyridine rings is 1. The van der Waals surface area contributed by atoms with Crippen LogP contribution in [0.4, 0.5) is 14.6 Å². The van der Waals surface area contributed by atoms with Gasteiger partial charge in [-0.05, 0) is 43.0 Å². The van der Waals surface area contributed by atoms with E-state index >= 15 is 0 Å². The van der Waals surface area contributed by atoms with Gasteiger partial charge < -0.3 is 20.5 Å². The fourth-order valence-electron chi connectivity index (χ4n) is 2.75. The molecular formula is C22H22ClF2N5O4. The van der Waals surface area contributed by atoms with Crippen LogP contribution in [0.2, 0.25) is 5.02 Å². The second-order valence-electron chi connectivity index (χ2n) is 7.46. The Balaban J connectivity index is 0.000000202. The topological polar surface area (TPSA) is 129 Å². The SMILES string of the molecule is COc1ccc(CNCC2CC2)cn1.O=C(O)c1cc(NC(=O)c2cc(F)c(F)cc2Cl)n[nH]1. The number of nitrogens with one attached hydrogen (secondary N) is 3. The molecule has 0 atom stereocenters. The fourth-order valence-corrected chi connectivity index (χ4v) is 2.99. The first-order valence-electron chi connectivity index (χ1n) is 10.2. The maximum Gasteiger partial charge on any atom is 0.353 e. The summed E-state index contributed by atoms with van der Waals surface area (Å²) in [5, 5.41) is 19.7. The van der Waals surface area contributed by atoms with Gasteiger partial charge in [-0.25, -0.2) is 18.6 Å². The summed E-state index contributed by atoms with van der Waals surface area (Å²) in [5.41, 5.74) is 0.675. The third kappa shape index (κ3) is 7.22. The molecule has 0 bridgehead atoms. The number of aromatic nitrogens is 3. The highest BCUT2D eigenvalue weighted by atomic mass is 35.5. The summed E-state index contributed by atoms with van der Waals surface area (Å²) in [5.74, 6) is -3.00. The van der Waals surface area contributed by atoms with E-state index in [1.165, 1.54) is 18.4 Å². The summed E-state index contributed by atoms with van der Waals surface area (Å²) < 4.78 is 30.9. The number of amides is 1. The standard InChI is InChI=1S/C11H6ClF2N3O3.C11H16N2O/c12-5-2-7(14)6(13)1-4(5)10(18)15-9-3-8(11(19)20)16-17-9;1-14-11-5-4-10(8-13-11)7-12-6-9-2-3-9/h1-3H,(H,19,20)(H2,15,16,17,18);4-5,8-9,12H,2-3,6-7H2,1H3. The number of aromatic amines is 1. The van der Waals surface area contributed by atoms with Crippen LogP contribution in [-0.2, 0) is 6.54 Å². The average Bonchev–Trinajstić information content (AvgIpc) is 3.52. The van der Waals surface area contributed by atoms with Crippen molar-refractivity contribution in [3.63, 3.8) is 0 Å². The van der Waals surface area contributed by atoms with Crippen molar-refractivity contribution in [3.05, 3.63) is 70.0 Å². The van der Waals surface area contributed by atoms with Crippen molar-refractivity contribution in [2.24, 2.45) is 5.92 Å². The molecular weight excluding hydrogens is 472 g/mol. The molecule has 1 amide bonds. The first-order chi connectivity index (χ1) is 16.3. The molecule has 0 radical (unpaired) electrons. The van der Waals surface area contributed by atoms with Gasteiger partial charge in [0.25, 0.3) is 5.91 Å². The van der Waals surface area contributed by atoms with Crippen molar-refractivity contribution < 1.29 is 28.2 Å². The van der Waals surface area contributed by atoms with Crippen LogP contribution < -0.4 is 15.4 Å². The van der Waals surface area contributed by atoms with Crippen LogP contribution in [0, 0.1) is 17.6 Å². The van der Waals surface area contributed by atoms with Crippen molar-refractivity contribution in [1.29, 1.82) is 0 Å². The summed E-state index contributed by atoms with van der Waals surface area (Å²) in [7, 11) is 1.63. The number of hydrogen-bond donors (Lipinski definition) is 4. The van der Waals surface area contributed by atoms with E-state index in [-0.39, 0.29) is 22.1 Å². The van der Waals surface area contributed by atoms with Crippen LogP contribution in [0.3, 0.4) is 0 Å². The van der Waals surface area contributed by atoms with E-state index in [1.807, 2.05) is 18.3 Å². The van der Waals surface area contributed by atoms with E-state index in [9.17, 15) is 18.4 Å². The van der Waals surface area contributed by atoms with Gasteiger partial charge in [0.05, 0.1) is 17.7 Å². The van der Waals surface area contributed by atoms with Crippen LogP contribution >= 0.6 is 11.6 Å². The number of hydrogen-bond acceptors (Lipinski definition) is 6. The van der Waals surface area contributed by atoms with E-state index in [1.54, 1.807) is 7.11 Å². The number of halogens is 3. The number of aromatic carboxylic acids is 1. The monoisotopic (exact) mass is 493 g/mol. The third-order valence-electron chi connectivity index (χ3n) is 4.77. The van der Waals surface area contributed by atoms with Crippen LogP contribution in [0.25, 0.3) is 0 Å². The zero-order chi connectivity index (χ0) is 24.7. The van der Waals surface area contributed by atoms with Crippen LogP contribution in [0.5, 0.6) is 5.88 Å². The number of carbonyl (C=O) groups is 2. The summed E-state index contributed by atoms with van der Waals surface area (Å²) >= 11 is 5.63. The van der Waals surface area contributed by atoms with Gasteiger partial charge in [-0.3, -0.25) is 9.89 Å². The highest BCUT2D eigenvalue weighted by molar-refractivity contribution is 6.34. The smallest absolute Gasteiger partial charge is 0.353 e. The molecule has 0 spiro atoms. The maximum absolute atomic E-state index is 13.1. The van der Waals surface area contributed by atoms with Crippen molar-refractivity contribution in [1.82, 2.24) is 20.5 Å². The second kappa shape index (κ2) is 11.5. The molecule has 1 aliphatic carbocycles. The lowest BCUT2D eigenvalue weighted by molar-refractivity contribution is 0.0690. The lowest BCUT2D eigenvalue weighted by Gasteiger charge is -2.04. The largest absolute Gasteiger partial charge is 0.481 e. The quantitative estimate of drug-likeness (QED) is 0.350. The molecule has 1 aliphatic rings. The molecule has 0 unspecified atom stereocenters. The lowest BCUT2D eigenvalue weighted by atomic mass is 10.2. The Bertz CT molecular complexity index is 1150. The van der Waals surface area contributed by atoms with Crippen LogP contribution in [0.15, 0.2) is 36.5 Å². The van der Waals surface area contributed by atoms with Gasteiger partial charge in [0, 0.05) is 24.9 Å². The Morgan fingerprint density at radius 2 is 1.97 bits per heavy atom. The van der Waals surface area contributed by atoms with Crippen LogP contribution in [-0.4, -0.2) is 45.8 Å². The second-order valence-corrected chi connectivity index (χ2v) is 7.86. The summed E-state index contributed by atoms with van der Waals surface area (Å²) in [4.78, 5) is 26.5. The summed E-state index contributed by atoms with van der Waals surface area (Å²) in [6, 6.07) is 6.31. The van der Waals surface area contributed by atoms with Gasteiger partial charge in [0.2, 0.25) is 5.88 Å². The van der Waals surface area contributed by atoms with Crippen LogP contribution in [0.1, 0.15) is 39.3 Å². The molecule has 4 rings (SSSR count). The minimum Gasteiger partial charge on any atom is -0.481 e. The maximum atomic E-state index is 13.1. The first-order valence-corrected chi connectivity index (χ1v) is 10.6. The molecule has 34 heavy (non-hydrogen) atoms. The fraction of sp³-hybridized carbons (Fsp3) is 0.273.